The van der Waals surface area contributed by atoms with Gasteiger partial charge in [0.1, 0.15) is 0 Å². The molecule has 1 aliphatic carbocycles. The van der Waals surface area contributed by atoms with Gasteiger partial charge >= 0.3 is 0 Å². The highest BCUT2D eigenvalue weighted by atomic mass is 35.5. The number of carbonyl (C=O) groups is 1. The number of rotatable bonds is 4. The van der Waals surface area contributed by atoms with Crippen molar-refractivity contribution in [3.05, 3.63) is 29.8 Å². The van der Waals surface area contributed by atoms with Gasteiger partial charge in [0.15, 0.2) is 0 Å². The summed E-state index contributed by atoms with van der Waals surface area (Å²) in [7, 11) is 0. The molecule has 0 spiro atoms. The number of hydrogen-bond donors (Lipinski definition) is 2. The van der Waals surface area contributed by atoms with E-state index in [0.29, 0.717) is 11.3 Å². The molecule has 0 unspecified atom stereocenters. The summed E-state index contributed by atoms with van der Waals surface area (Å²) < 4.78 is 0. The van der Waals surface area contributed by atoms with Gasteiger partial charge in [-0.25, -0.2) is 0 Å². The number of anilines is 1. The molecule has 1 saturated carbocycles. The summed E-state index contributed by atoms with van der Waals surface area (Å²) in [6.45, 7) is 0.762. The number of hydrogen-bond acceptors (Lipinski definition) is 2. The standard InChI is InChI=1S/C15H22N2O.ClH/c16-14-9-5-4-8-13(14)15(18)17-11-10-12-6-2-1-3-7-12;/h4-5,8-9,12H,1-3,6-7,10-11,16H2,(H,17,18);1H. The third-order valence-corrected chi connectivity index (χ3v) is 3.77. The van der Waals surface area contributed by atoms with Gasteiger partial charge in [-0.2, -0.15) is 0 Å². The van der Waals surface area contributed by atoms with Gasteiger partial charge in [0.25, 0.3) is 5.91 Å². The fourth-order valence-electron chi connectivity index (χ4n) is 2.66. The Morgan fingerprint density at radius 2 is 1.89 bits per heavy atom. The largest absolute Gasteiger partial charge is 0.398 e. The van der Waals surface area contributed by atoms with E-state index < -0.39 is 0 Å². The Morgan fingerprint density at radius 1 is 1.21 bits per heavy atom. The molecule has 0 aromatic heterocycles. The highest BCUT2D eigenvalue weighted by molar-refractivity contribution is 5.98. The molecule has 0 saturated heterocycles. The van der Waals surface area contributed by atoms with Crippen molar-refractivity contribution < 1.29 is 4.79 Å². The van der Waals surface area contributed by atoms with Gasteiger partial charge in [-0.05, 0) is 24.5 Å². The highest BCUT2D eigenvalue weighted by Gasteiger charge is 2.14. The van der Waals surface area contributed by atoms with Crippen LogP contribution >= 0.6 is 12.4 Å². The highest BCUT2D eigenvalue weighted by Crippen LogP contribution is 2.25. The number of nitrogens with one attached hydrogen (secondary N) is 1. The molecule has 0 heterocycles. The van der Waals surface area contributed by atoms with Crippen molar-refractivity contribution in [1.29, 1.82) is 0 Å². The monoisotopic (exact) mass is 282 g/mol. The van der Waals surface area contributed by atoms with Gasteiger partial charge in [-0.15, -0.1) is 12.4 Å². The molecular formula is C15H23ClN2O. The first kappa shape index (κ1) is 15.8. The Kier molecular flexibility index (Phi) is 6.71. The van der Waals surface area contributed by atoms with E-state index in [1.54, 1.807) is 12.1 Å². The quantitative estimate of drug-likeness (QED) is 0.832. The summed E-state index contributed by atoms with van der Waals surface area (Å²) in [5.74, 6) is 0.746. The second-order valence-electron chi connectivity index (χ2n) is 5.14. The Labute approximate surface area is 121 Å². The summed E-state index contributed by atoms with van der Waals surface area (Å²) in [6.07, 6.45) is 7.82. The van der Waals surface area contributed by atoms with Gasteiger partial charge < -0.3 is 11.1 Å². The van der Waals surface area contributed by atoms with Crippen LogP contribution in [0.2, 0.25) is 0 Å². The Balaban J connectivity index is 0.00000180. The molecule has 4 heteroatoms. The summed E-state index contributed by atoms with van der Waals surface area (Å²) in [6, 6.07) is 7.21. The normalized spacial score (nSPS) is 15.6. The van der Waals surface area contributed by atoms with Gasteiger partial charge in [0.05, 0.1) is 5.56 Å². The molecule has 106 valence electrons. The fraction of sp³-hybridized carbons (Fsp3) is 0.533. The van der Waals surface area contributed by atoms with Crippen molar-refractivity contribution in [2.24, 2.45) is 5.92 Å². The zero-order valence-corrected chi connectivity index (χ0v) is 12.0. The maximum atomic E-state index is 11.9. The molecule has 1 amide bonds. The minimum Gasteiger partial charge on any atom is -0.398 e. The molecule has 1 aromatic rings. The smallest absolute Gasteiger partial charge is 0.253 e. The third-order valence-electron chi connectivity index (χ3n) is 3.77. The number of nitrogen functional groups attached to an aromatic ring is 1. The lowest BCUT2D eigenvalue weighted by atomic mass is 9.87. The summed E-state index contributed by atoms with van der Waals surface area (Å²) in [4.78, 5) is 11.9. The van der Waals surface area contributed by atoms with E-state index in [0.717, 1.165) is 18.9 Å². The van der Waals surface area contributed by atoms with E-state index in [9.17, 15) is 4.79 Å². The van der Waals surface area contributed by atoms with Crippen LogP contribution in [0.15, 0.2) is 24.3 Å². The van der Waals surface area contributed by atoms with Crippen molar-refractivity contribution in [2.45, 2.75) is 38.5 Å². The second-order valence-corrected chi connectivity index (χ2v) is 5.14. The van der Waals surface area contributed by atoms with Crippen molar-refractivity contribution in [1.82, 2.24) is 5.32 Å². The predicted octanol–water partition coefficient (Wildman–Crippen LogP) is 3.39. The molecule has 0 atom stereocenters. The van der Waals surface area contributed by atoms with E-state index in [1.165, 1.54) is 32.1 Å². The number of amides is 1. The van der Waals surface area contributed by atoms with Crippen LogP contribution in [0, 0.1) is 5.92 Å². The molecule has 1 aromatic carbocycles. The first-order chi connectivity index (χ1) is 8.77. The van der Waals surface area contributed by atoms with Gasteiger partial charge in [-0.3, -0.25) is 4.79 Å². The molecule has 19 heavy (non-hydrogen) atoms. The molecule has 3 nitrogen and oxygen atoms in total. The summed E-state index contributed by atoms with van der Waals surface area (Å²) >= 11 is 0. The molecule has 1 aliphatic rings. The number of para-hydroxylation sites is 1. The molecule has 0 radical (unpaired) electrons. The van der Waals surface area contributed by atoms with Crippen LogP contribution in [0.4, 0.5) is 5.69 Å². The van der Waals surface area contributed by atoms with Crippen LogP contribution in [-0.2, 0) is 0 Å². The topological polar surface area (TPSA) is 55.1 Å². The van der Waals surface area contributed by atoms with E-state index >= 15 is 0 Å². The molecular weight excluding hydrogens is 260 g/mol. The first-order valence-corrected chi connectivity index (χ1v) is 6.90. The van der Waals surface area contributed by atoms with Crippen LogP contribution in [-0.4, -0.2) is 12.5 Å². The van der Waals surface area contributed by atoms with Crippen molar-refractivity contribution in [3.63, 3.8) is 0 Å². The molecule has 3 N–H and O–H groups in total. The van der Waals surface area contributed by atoms with E-state index in [-0.39, 0.29) is 18.3 Å². The van der Waals surface area contributed by atoms with E-state index in [1.807, 2.05) is 12.1 Å². The maximum absolute atomic E-state index is 11.9. The Bertz CT molecular complexity index is 403. The van der Waals surface area contributed by atoms with Crippen molar-refractivity contribution in [3.8, 4) is 0 Å². The average Bonchev–Trinajstić information content (AvgIpc) is 2.40. The molecule has 2 rings (SSSR count). The van der Waals surface area contributed by atoms with Crippen LogP contribution < -0.4 is 11.1 Å². The lowest BCUT2D eigenvalue weighted by Gasteiger charge is -2.21. The third kappa shape index (κ3) is 4.75. The average molecular weight is 283 g/mol. The zero-order chi connectivity index (χ0) is 12.8. The SMILES string of the molecule is Cl.Nc1ccccc1C(=O)NCCC1CCCCC1. The minimum atomic E-state index is -0.0519. The summed E-state index contributed by atoms with van der Waals surface area (Å²) in [5.41, 5.74) is 6.91. The zero-order valence-electron chi connectivity index (χ0n) is 11.2. The maximum Gasteiger partial charge on any atom is 0.253 e. The Morgan fingerprint density at radius 3 is 2.58 bits per heavy atom. The predicted molar refractivity (Wildman–Crippen MR) is 81.6 cm³/mol. The summed E-state index contributed by atoms with van der Waals surface area (Å²) in [5, 5.41) is 2.97. The van der Waals surface area contributed by atoms with Gasteiger partial charge in [0, 0.05) is 12.2 Å². The number of benzene rings is 1. The molecule has 1 fully saturated rings. The second kappa shape index (κ2) is 8.05. The van der Waals surface area contributed by atoms with Gasteiger partial charge in [-0.1, -0.05) is 44.2 Å². The van der Waals surface area contributed by atoms with E-state index in [2.05, 4.69) is 5.32 Å². The first-order valence-electron chi connectivity index (χ1n) is 6.90. The molecule has 0 aliphatic heterocycles. The van der Waals surface area contributed by atoms with Crippen molar-refractivity contribution in [2.75, 3.05) is 12.3 Å². The lowest BCUT2D eigenvalue weighted by Crippen LogP contribution is -2.27. The Hall–Kier alpha value is -1.22. The van der Waals surface area contributed by atoms with Crippen LogP contribution in [0.1, 0.15) is 48.9 Å². The minimum absolute atomic E-state index is 0. The number of carbonyl (C=O) groups excluding carboxylic acids is 1. The number of halogens is 1. The van der Waals surface area contributed by atoms with E-state index in [4.69, 9.17) is 5.73 Å². The lowest BCUT2D eigenvalue weighted by molar-refractivity contribution is 0.0951. The van der Waals surface area contributed by atoms with Crippen LogP contribution in [0.3, 0.4) is 0 Å². The van der Waals surface area contributed by atoms with Gasteiger partial charge in [0.2, 0.25) is 0 Å². The fourth-order valence-corrected chi connectivity index (χ4v) is 2.66. The van der Waals surface area contributed by atoms with Crippen LogP contribution in [0.25, 0.3) is 0 Å². The molecule has 0 bridgehead atoms. The van der Waals surface area contributed by atoms with Crippen LogP contribution in [0.5, 0.6) is 0 Å². The number of nitrogens with two attached hydrogens (primary N) is 1. The van der Waals surface area contributed by atoms with Crippen molar-refractivity contribution >= 4 is 24.0 Å².